The molecule has 1 amide bonds. The summed E-state index contributed by atoms with van der Waals surface area (Å²) in [6.07, 6.45) is -0.309. The van der Waals surface area contributed by atoms with E-state index in [0.29, 0.717) is 68.6 Å². The number of morpholine rings is 1. The van der Waals surface area contributed by atoms with Gasteiger partial charge in [0.05, 0.1) is 24.7 Å². The van der Waals surface area contributed by atoms with Crippen LogP contribution in [0.1, 0.15) is 22.8 Å². The van der Waals surface area contributed by atoms with Crippen molar-refractivity contribution in [3.8, 4) is 11.5 Å². The summed E-state index contributed by atoms with van der Waals surface area (Å²) < 4.78 is 44.8. The smallest absolute Gasteiger partial charge is 0.254 e. The summed E-state index contributed by atoms with van der Waals surface area (Å²) in [6.45, 7) is 6.11. The number of amides is 1. The standard InChI is InChI=1S/C23H28N2O6S/c1-3-24(15-19-16-30-20-6-4-5-7-21(20)31-19)23(26)18-9-8-17(2)22(14-18)32(27,28)25-10-12-29-13-11-25/h4-9,14,19H,3,10-13,15-16H2,1-2H3. The molecule has 0 aromatic heterocycles. The molecule has 2 aliphatic heterocycles. The molecule has 0 aliphatic carbocycles. The van der Waals surface area contributed by atoms with E-state index in [1.54, 1.807) is 24.0 Å². The molecule has 4 rings (SSSR count). The third-order valence-electron chi connectivity index (χ3n) is 5.68. The van der Waals surface area contributed by atoms with Crippen LogP contribution in [-0.2, 0) is 14.8 Å². The van der Waals surface area contributed by atoms with Gasteiger partial charge in [0.1, 0.15) is 6.61 Å². The quantitative estimate of drug-likeness (QED) is 0.658. The van der Waals surface area contributed by atoms with Crippen molar-refractivity contribution in [1.82, 2.24) is 9.21 Å². The third-order valence-corrected chi connectivity index (χ3v) is 7.72. The topological polar surface area (TPSA) is 85.4 Å². The van der Waals surface area contributed by atoms with Gasteiger partial charge in [-0.25, -0.2) is 8.42 Å². The number of benzene rings is 2. The third kappa shape index (κ3) is 4.60. The Morgan fingerprint density at radius 1 is 1.12 bits per heavy atom. The molecule has 0 saturated carbocycles. The fourth-order valence-corrected chi connectivity index (χ4v) is 5.53. The molecule has 9 heteroatoms. The summed E-state index contributed by atoms with van der Waals surface area (Å²) in [7, 11) is -3.70. The van der Waals surface area contributed by atoms with E-state index in [0.717, 1.165) is 0 Å². The first kappa shape index (κ1) is 22.6. The summed E-state index contributed by atoms with van der Waals surface area (Å²) in [4.78, 5) is 15.1. The lowest BCUT2D eigenvalue weighted by molar-refractivity contribution is 0.0474. The zero-order valence-corrected chi connectivity index (χ0v) is 19.1. The molecule has 0 N–H and O–H groups in total. The van der Waals surface area contributed by atoms with Gasteiger partial charge in [-0.3, -0.25) is 4.79 Å². The molecule has 8 nitrogen and oxygen atoms in total. The number of para-hydroxylation sites is 2. The number of nitrogens with zero attached hydrogens (tertiary/aromatic N) is 2. The van der Waals surface area contributed by atoms with E-state index in [9.17, 15) is 13.2 Å². The zero-order valence-electron chi connectivity index (χ0n) is 18.3. The minimum absolute atomic E-state index is 0.160. The van der Waals surface area contributed by atoms with Gasteiger partial charge in [0.15, 0.2) is 17.6 Å². The highest BCUT2D eigenvalue weighted by Crippen LogP contribution is 2.31. The number of aryl methyl sites for hydroxylation is 1. The number of hydrogen-bond donors (Lipinski definition) is 0. The molecule has 2 aromatic rings. The average molecular weight is 461 g/mol. The zero-order chi connectivity index (χ0) is 22.7. The molecule has 32 heavy (non-hydrogen) atoms. The van der Waals surface area contributed by atoms with E-state index in [-0.39, 0.29) is 16.9 Å². The van der Waals surface area contributed by atoms with Crippen LogP contribution in [0.15, 0.2) is 47.4 Å². The number of carbonyl (C=O) groups is 1. The minimum Gasteiger partial charge on any atom is -0.486 e. The van der Waals surface area contributed by atoms with E-state index in [4.69, 9.17) is 14.2 Å². The van der Waals surface area contributed by atoms with Crippen molar-refractivity contribution in [2.45, 2.75) is 24.8 Å². The normalized spacial score (nSPS) is 18.9. The second-order valence-electron chi connectivity index (χ2n) is 7.84. The van der Waals surface area contributed by atoms with Crippen LogP contribution in [0.2, 0.25) is 0 Å². The molecule has 2 heterocycles. The molecule has 2 aliphatic rings. The summed E-state index contributed by atoms with van der Waals surface area (Å²) in [6, 6.07) is 12.3. The molecule has 0 spiro atoms. The second kappa shape index (κ2) is 9.48. The van der Waals surface area contributed by atoms with Crippen LogP contribution in [0.5, 0.6) is 11.5 Å². The van der Waals surface area contributed by atoms with Crippen LogP contribution in [0, 0.1) is 6.92 Å². The van der Waals surface area contributed by atoms with Crippen molar-refractivity contribution in [3.63, 3.8) is 0 Å². The number of rotatable bonds is 6. The molecular formula is C23H28N2O6S. The maximum absolute atomic E-state index is 13.3. The van der Waals surface area contributed by atoms with Crippen LogP contribution in [0.25, 0.3) is 0 Å². The van der Waals surface area contributed by atoms with Gasteiger partial charge in [-0.05, 0) is 43.7 Å². The van der Waals surface area contributed by atoms with E-state index < -0.39 is 10.0 Å². The predicted octanol–water partition coefficient (Wildman–Crippen LogP) is 2.32. The van der Waals surface area contributed by atoms with Crippen molar-refractivity contribution in [1.29, 1.82) is 0 Å². The van der Waals surface area contributed by atoms with Gasteiger partial charge in [-0.2, -0.15) is 4.31 Å². The highest BCUT2D eigenvalue weighted by atomic mass is 32.2. The van der Waals surface area contributed by atoms with Crippen LogP contribution >= 0.6 is 0 Å². The summed E-state index contributed by atoms with van der Waals surface area (Å²) in [5.41, 5.74) is 0.943. The lowest BCUT2D eigenvalue weighted by Gasteiger charge is -2.31. The van der Waals surface area contributed by atoms with E-state index in [1.165, 1.54) is 10.4 Å². The monoisotopic (exact) mass is 460 g/mol. The van der Waals surface area contributed by atoms with Crippen LogP contribution in [0.3, 0.4) is 0 Å². The molecule has 1 atom stereocenters. The largest absolute Gasteiger partial charge is 0.486 e. The van der Waals surface area contributed by atoms with Crippen molar-refractivity contribution in [2.24, 2.45) is 0 Å². The molecule has 0 radical (unpaired) electrons. The molecule has 1 saturated heterocycles. The number of sulfonamides is 1. The number of hydrogen-bond acceptors (Lipinski definition) is 6. The van der Waals surface area contributed by atoms with Gasteiger partial charge in [-0.1, -0.05) is 18.2 Å². The number of fused-ring (bicyclic) bond motifs is 1. The van der Waals surface area contributed by atoms with Crippen molar-refractivity contribution >= 4 is 15.9 Å². The summed E-state index contributed by atoms with van der Waals surface area (Å²) >= 11 is 0. The molecule has 172 valence electrons. The van der Waals surface area contributed by atoms with Gasteiger partial charge in [0.2, 0.25) is 10.0 Å². The second-order valence-corrected chi connectivity index (χ2v) is 9.74. The predicted molar refractivity (Wildman–Crippen MR) is 119 cm³/mol. The van der Waals surface area contributed by atoms with Crippen LogP contribution in [-0.4, -0.2) is 75.6 Å². The van der Waals surface area contributed by atoms with Gasteiger partial charge in [-0.15, -0.1) is 0 Å². The summed E-state index contributed by atoms with van der Waals surface area (Å²) in [5, 5.41) is 0. The maximum atomic E-state index is 13.3. The average Bonchev–Trinajstić information content (AvgIpc) is 2.82. The Balaban J connectivity index is 1.52. The lowest BCUT2D eigenvalue weighted by Crippen LogP contribution is -2.43. The van der Waals surface area contributed by atoms with Crippen molar-refractivity contribution in [2.75, 3.05) is 46.0 Å². The van der Waals surface area contributed by atoms with E-state index in [2.05, 4.69) is 0 Å². The first-order valence-electron chi connectivity index (χ1n) is 10.8. The molecule has 2 aromatic carbocycles. The van der Waals surface area contributed by atoms with Gasteiger partial charge < -0.3 is 19.1 Å². The van der Waals surface area contributed by atoms with Crippen LogP contribution in [0.4, 0.5) is 0 Å². The Morgan fingerprint density at radius 3 is 2.56 bits per heavy atom. The fraction of sp³-hybridized carbons (Fsp3) is 0.435. The van der Waals surface area contributed by atoms with Crippen molar-refractivity contribution < 1.29 is 27.4 Å². The summed E-state index contributed by atoms with van der Waals surface area (Å²) in [5.74, 6) is 1.10. The highest BCUT2D eigenvalue weighted by Gasteiger charge is 2.30. The van der Waals surface area contributed by atoms with Gasteiger partial charge in [0.25, 0.3) is 5.91 Å². The maximum Gasteiger partial charge on any atom is 0.254 e. The number of ether oxygens (including phenoxy) is 3. The lowest BCUT2D eigenvalue weighted by atomic mass is 10.1. The molecule has 1 fully saturated rings. The Kier molecular flexibility index (Phi) is 6.68. The Morgan fingerprint density at radius 2 is 1.84 bits per heavy atom. The van der Waals surface area contributed by atoms with Gasteiger partial charge >= 0.3 is 0 Å². The first-order chi connectivity index (χ1) is 15.4. The Hall–Kier alpha value is -2.62. The number of carbonyl (C=O) groups excluding carboxylic acids is 1. The minimum atomic E-state index is -3.70. The molecule has 0 bridgehead atoms. The SMILES string of the molecule is CCN(CC1COc2ccccc2O1)C(=O)c1ccc(C)c(S(=O)(=O)N2CCOCC2)c1. The van der Waals surface area contributed by atoms with E-state index >= 15 is 0 Å². The molecular weight excluding hydrogens is 432 g/mol. The Labute approximate surface area is 188 Å². The van der Waals surface area contributed by atoms with E-state index in [1.807, 2.05) is 31.2 Å². The number of likely N-dealkylation sites (N-methyl/N-ethyl adjacent to an activating group) is 1. The Bertz CT molecular complexity index is 1080. The molecule has 1 unspecified atom stereocenters. The fourth-order valence-electron chi connectivity index (χ4n) is 3.87. The van der Waals surface area contributed by atoms with Crippen molar-refractivity contribution in [3.05, 3.63) is 53.6 Å². The van der Waals surface area contributed by atoms with Gasteiger partial charge in [0, 0.05) is 25.2 Å². The van der Waals surface area contributed by atoms with Crippen LogP contribution < -0.4 is 9.47 Å². The first-order valence-corrected chi connectivity index (χ1v) is 12.2. The highest BCUT2D eigenvalue weighted by molar-refractivity contribution is 7.89.